The molecule has 0 aliphatic rings. The van der Waals surface area contributed by atoms with Crippen LogP contribution >= 0.6 is 33.9 Å². The molecule has 0 bridgehead atoms. The van der Waals surface area contributed by atoms with Crippen LogP contribution in [0.15, 0.2) is 30.3 Å². The summed E-state index contributed by atoms with van der Waals surface area (Å²) < 4.78 is 11.1. The van der Waals surface area contributed by atoms with Crippen LogP contribution in [0.1, 0.15) is 35.3 Å². The number of thiophene rings is 1. The van der Waals surface area contributed by atoms with E-state index in [1.54, 1.807) is 13.8 Å². The Morgan fingerprint density at radius 3 is 2.50 bits per heavy atom. The summed E-state index contributed by atoms with van der Waals surface area (Å²) in [5.74, 6) is -0.947. The Kier molecular flexibility index (Phi) is 8.24. The summed E-state index contributed by atoms with van der Waals surface area (Å²) >= 11 is 3.38. The van der Waals surface area contributed by atoms with Gasteiger partial charge in [-0.05, 0) is 54.5 Å². The Morgan fingerprint density at radius 1 is 1.18 bits per heavy atom. The van der Waals surface area contributed by atoms with Crippen molar-refractivity contribution in [3.8, 4) is 0 Å². The molecule has 0 saturated carbocycles. The van der Waals surface area contributed by atoms with E-state index in [1.807, 2.05) is 30.3 Å². The van der Waals surface area contributed by atoms with Crippen molar-refractivity contribution in [3.05, 3.63) is 49.9 Å². The van der Waals surface area contributed by atoms with Gasteiger partial charge in [-0.3, -0.25) is 4.79 Å². The maximum Gasteiger partial charge on any atom is 0.408 e. The molecule has 0 radical (unpaired) electrons. The molecule has 1 aromatic carbocycles. The Bertz CT molecular complexity index is 854. The van der Waals surface area contributed by atoms with Gasteiger partial charge in [0, 0.05) is 0 Å². The Labute approximate surface area is 180 Å². The Hall–Kier alpha value is -2.14. The predicted octanol–water partition coefficient (Wildman–Crippen LogP) is 4.09. The number of esters is 1. The molecule has 2 amide bonds. The fraction of sp³-hybridized carbons (Fsp3) is 0.316. The largest absolute Gasteiger partial charge is 0.462 e. The van der Waals surface area contributed by atoms with Crippen molar-refractivity contribution in [1.29, 1.82) is 0 Å². The second-order valence-corrected chi connectivity index (χ2v) is 8.67. The Morgan fingerprint density at radius 2 is 1.86 bits per heavy atom. The maximum atomic E-state index is 12.4. The molecule has 28 heavy (non-hydrogen) atoms. The number of alkyl carbamates (subject to hydrolysis) is 1. The number of benzene rings is 1. The molecule has 7 nitrogen and oxygen atoms in total. The molecule has 0 saturated heterocycles. The topological polar surface area (TPSA) is 93.7 Å². The van der Waals surface area contributed by atoms with Gasteiger partial charge in [0.1, 0.15) is 17.6 Å². The van der Waals surface area contributed by atoms with Crippen LogP contribution in [-0.4, -0.2) is 30.6 Å². The number of hydrogen-bond acceptors (Lipinski definition) is 6. The molecule has 150 valence electrons. The van der Waals surface area contributed by atoms with Gasteiger partial charge in [-0.15, -0.1) is 11.3 Å². The van der Waals surface area contributed by atoms with Gasteiger partial charge in [0.05, 0.1) is 15.1 Å². The average Bonchev–Trinajstić information content (AvgIpc) is 2.94. The summed E-state index contributed by atoms with van der Waals surface area (Å²) in [6.07, 6.45) is -0.700. The normalized spacial score (nSPS) is 11.4. The molecule has 2 aromatic rings. The molecular formula is C19H21IN2O5S. The highest BCUT2D eigenvalue weighted by Gasteiger charge is 2.25. The first kappa shape index (κ1) is 22.2. The van der Waals surface area contributed by atoms with Crippen molar-refractivity contribution in [2.24, 2.45) is 0 Å². The van der Waals surface area contributed by atoms with Crippen molar-refractivity contribution >= 4 is 56.9 Å². The van der Waals surface area contributed by atoms with E-state index < -0.39 is 24.0 Å². The quantitative estimate of drug-likeness (QED) is 0.427. The van der Waals surface area contributed by atoms with Crippen LogP contribution in [0, 0.1) is 9.81 Å². The van der Waals surface area contributed by atoms with Gasteiger partial charge in [-0.25, -0.2) is 9.59 Å². The zero-order valence-corrected chi connectivity index (χ0v) is 18.7. The minimum Gasteiger partial charge on any atom is -0.462 e. The van der Waals surface area contributed by atoms with Crippen molar-refractivity contribution in [1.82, 2.24) is 5.32 Å². The van der Waals surface area contributed by atoms with Crippen LogP contribution in [0.4, 0.5) is 9.80 Å². The Balaban J connectivity index is 1.96. The first-order chi connectivity index (χ1) is 13.3. The molecule has 2 rings (SSSR count). The fourth-order valence-electron chi connectivity index (χ4n) is 2.25. The summed E-state index contributed by atoms with van der Waals surface area (Å²) in [6, 6.07) is 8.38. The number of carbonyl (C=O) groups is 3. The highest BCUT2D eigenvalue weighted by atomic mass is 127. The predicted molar refractivity (Wildman–Crippen MR) is 116 cm³/mol. The number of carbonyl (C=O) groups excluding carboxylic acids is 3. The van der Waals surface area contributed by atoms with Crippen molar-refractivity contribution < 1.29 is 23.9 Å². The van der Waals surface area contributed by atoms with Crippen LogP contribution in [0.2, 0.25) is 0 Å². The lowest BCUT2D eigenvalue weighted by Crippen LogP contribution is -2.41. The van der Waals surface area contributed by atoms with Crippen LogP contribution < -0.4 is 10.6 Å². The summed E-state index contributed by atoms with van der Waals surface area (Å²) in [5.41, 5.74) is 1.93. The summed E-state index contributed by atoms with van der Waals surface area (Å²) in [7, 11) is 0. The lowest BCUT2D eigenvalue weighted by molar-refractivity contribution is -0.117. The van der Waals surface area contributed by atoms with Crippen molar-refractivity contribution in [2.75, 3.05) is 11.9 Å². The standard InChI is InChI=1S/C19H21IN2O5S/c1-4-26-18(24)14-11(2)15(20)28-17(14)22-16(23)12(3)21-19(25)27-10-13-8-6-5-7-9-13/h5-9,12H,4,10H2,1-3H3,(H,21,25)(H,22,23)/t12-/m0/s1. The van der Waals surface area contributed by atoms with Crippen LogP contribution in [-0.2, 0) is 20.9 Å². The first-order valence-corrected chi connectivity index (χ1v) is 10.5. The molecule has 1 atom stereocenters. The number of hydrogen-bond donors (Lipinski definition) is 2. The van der Waals surface area contributed by atoms with E-state index in [2.05, 4.69) is 33.2 Å². The van der Waals surface area contributed by atoms with Crippen LogP contribution in [0.3, 0.4) is 0 Å². The zero-order chi connectivity index (χ0) is 20.7. The molecule has 0 aliphatic heterocycles. The second kappa shape index (κ2) is 10.4. The molecule has 0 aliphatic carbocycles. The number of nitrogens with one attached hydrogen (secondary N) is 2. The third kappa shape index (κ3) is 5.93. The molecule has 0 unspecified atom stereocenters. The highest BCUT2D eigenvalue weighted by molar-refractivity contribution is 14.1. The van der Waals surface area contributed by atoms with E-state index in [1.165, 1.54) is 18.3 Å². The molecule has 0 fully saturated rings. The summed E-state index contributed by atoms with van der Waals surface area (Å²) in [4.78, 5) is 36.6. The van der Waals surface area contributed by atoms with Crippen LogP contribution in [0.25, 0.3) is 0 Å². The van der Waals surface area contributed by atoms with E-state index in [4.69, 9.17) is 9.47 Å². The second-order valence-electron chi connectivity index (χ2n) is 5.84. The van der Waals surface area contributed by atoms with E-state index in [9.17, 15) is 14.4 Å². The van der Waals surface area contributed by atoms with E-state index in [-0.39, 0.29) is 13.2 Å². The van der Waals surface area contributed by atoms with Crippen LogP contribution in [0.5, 0.6) is 0 Å². The van der Waals surface area contributed by atoms with Gasteiger partial charge < -0.3 is 20.1 Å². The minimum absolute atomic E-state index is 0.107. The number of anilines is 1. The number of halogens is 1. The van der Waals surface area contributed by atoms with Gasteiger partial charge in [-0.2, -0.15) is 0 Å². The van der Waals surface area contributed by atoms with Gasteiger partial charge in [0.2, 0.25) is 5.91 Å². The third-order valence-corrected chi connectivity index (χ3v) is 6.21. The molecular weight excluding hydrogens is 495 g/mol. The minimum atomic E-state index is -0.849. The first-order valence-electron chi connectivity index (χ1n) is 8.57. The lowest BCUT2D eigenvalue weighted by atomic mass is 10.2. The average molecular weight is 516 g/mol. The fourth-order valence-corrected chi connectivity index (χ4v) is 4.10. The van der Waals surface area contributed by atoms with Gasteiger partial charge in [0.25, 0.3) is 0 Å². The number of ether oxygens (including phenoxy) is 2. The lowest BCUT2D eigenvalue weighted by Gasteiger charge is -2.14. The van der Waals surface area contributed by atoms with E-state index in [0.29, 0.717) is 10.6 Å². The summed E-state index contributed by atoms with van der Waals surface area (Å²) in [6.45, 7) is 5.40. The summed E-state index contributed by atoms with van der Waals surface area (Å²) in [5, 5.41) is 5.57. The van der Waals surface area contributed by atoms with Crippen molar-refractivity contribution in [2.45, 2.75) is 33.4 Å². The van der Waals surface area contributed by atoms with Gasteiger partial charge in [0.15, 0.2) is 0 Å². The highest BCUT2D eigenvalue weighted by Crippen LogP contribution is 2.34. The smallest absolute Gasteiger partial charge is 0.408 e. The molecule has 1 aromatic heterocycles. The number of amides is 2. The van der Waals surface area contributed by atoms with Gasteiger partial charge >= 0.3 is 12.1 Å². The molecule has 1 heterocycles. The molecule has 2 N–H and O–H groups in total. The third-order valence-electron chi connectivity index (χ3n) is 3.75. The zero-order valence-electron chi connectivity index (χ0n) is 15.7. The van der Waals surface area contributed by atoms with Gasteiger partial charge in [-0.1, -0.05) is 30.3 Å². The maximum absolute atomic E-state index is 12.4. The van der Waals surface area contributed by atoms with E-state index in [0.717, 1.165) is 14.0 Å². The van der Waals surface area contributed by atoms with E-state index >= 15 is 0 Å². The SMILES string of the molecule is CCOC(=O)c1c(NC(=O)[C@H](C)NC(=O)OCc2ccccc2)sc(I)c1C. The molecule has 9 heteroatoms. The monoisotopic (exact) mass is 516 g/mol. The number of rotatable bonds is 7. The van der Waals surface area contributed by atoms with Crippen molar-refractivity contribution in [3.63, 3.8) is 0 Å². The molecule has 0 spiro atoms.